The van der Waals surface area contributed by atoms with Gasteiger partial charge in [-0.25, -0.2) is 17.8 Å². The van der Waals surface area contributed by atoms with Crippen LogP contribution in [0.1, 0.15) is 5.69 Å². The zero-order chi connectivity index (χ0) is 25.4. The van der Waals surface area contributed by atoms with Gasteiger partial charge in [-0.15, -0.1) is 0 Å². The van der Waals surface area contributed by atoms with E-state index < -0.39 is 20.7 Å². The summed E-state index contributed by atoms with van der Waals surface area (Å²) in [5.74, 6) is -0.0769. The van der Waals surface area contributed by atoms with Gasteiger partial charge >= 0.3 is 0 Å². The molecule has 0 saturated heterocycles. The van der Waals surface area contributed by atoms with E-state index in [4.69, 9.17) is 16.3 Å². The van der Waals surface area contributed by atoms with Crippen molar-refractivity contribution in [3.8, 4) is 23.0 Å². The summed E-state index contributed by atoms with van der Waals surface area (Å²) >= 11 is 5.82. The van der Waals surface area contributed by atoms with Gasteiger partial charge in [0, 0.05) is 34.2 Å². The van der Waals surface area contributed by atoms with Gasteiger partial charge in [-0.2, -0.15) is 10.1 Å². The number of aromatic amines is 2. The number of nitrogens with one attached hydrogen (secondary N) is 3. The molecule has 5 rings (SSSR count). The number of hydrogen-bond acceptors (Lipinski definition) is 7. The molecule has 13 heteroatoms. The highest BCUT2D eigenvalue weighted by Crippen LogP contribution is 2.31. The summed E-state index contributed by atoms with van der Waals surface area (Å²) in [6.07, 6.45) is 1.41. The fourth-order valence-electron chi connectivity index (χ4n) is 3.39. The molecule has 5 aromatic rings. The second-order valence-electron chi connectivity index (χ2n) is 7.65. The van der Waals surface area contributed by atoms with Gasteiger partial charge in [-0.1, -0.05) is 11.6 Å². The molecule has 36 heavy (non-hydrogen) atoms. The Balaban J connectivity index is 1.47. The Bertz CT molecular complexity index is 1750. The summed E-state index contributed by atoms with van der Waals surface area (Å²) in [7, 11) is -4.21. The fraction of sp³-hybridized carbons (Fsp3) is 0.0435. The molecule has 3 aromatic heterocycles. The highest BCUT2D eigenvalue weighted by molar-refractivity contribution is 7.92. The highest BCUT2D eigenvalue weighted by atomic mass is 35.5. The van der Waals surface area contributed by atoms with E-state index in [0.717, 1.165) is 12.1 Å². The number of aromatic nitrogens is 5. The Morgan fingerprint density at radius 3 is 2.56 bits per heavy atom. The van der Waals surface area contributed by atoms with Gasteiger partial charge in [0.15, 0.2) is 11.5 Å². The molecule has 0 aliphatic rings. The van der Waals surface area contributed by atoms with Gasteiger partial charge in [0.1, 0.15) is 21.8 Å². The first-order valence-electron chi connectivity index (χ1n) is 10.4. The Labute approximate surface area is 208 Å². The second-order valence-corrected chi connectivity index (χ2v) is 9.74. The van der Waals surface area contributed by atoms with Gasteiger partial charge in [-0.05, 0) is 55.5 Å². The topological polar surface area (TPSA) is 143 Å². The third-order valence-corrected chi connectivity index (χ3v) is 6.74. The Kier molecular flexibility index (Phi) is 5.90. The van der Waals surface area contributed by atoms with Crippen LogP contribution in [0.2, 0.25) is 5.02 Å². The van der Waals surface area contributed by atoms with Crippen LogP contribution in [0.3, 0.4) is 0 Å². The summed E-state index contributed by atoms with van der Waals surface area (Å²) in [5.41, 5.74) is 1.51. The quantitative estimate of drug-likeness (QED) is 0.297. The molecule has 0 bridgehead atoms. The highest BCUT2D eigenvalue weighted by Gasteiger charge is 2.20. The van der Waals surface area contributed by atoms with Crippen molar-refractivity contribution in [2.24, 2.45) is 0 Å². The number of sulfonamides is 1. The predicted octanol–water partition coefficient (Wildman–Crippen LogP) is 4.40. The standard InChI is InChI=1S/C23H16ClFN6O4S/c1-12-20-22(30-29-12)27-21(28-23(20)35-16-7-9-19(32)26-11-16)13-2-5-15(6-3-13)31-36(33,34)18-10-14(24)4-8-17(18)25/h2-11,31H,1H3,(H,26,32)(H,27,28,29,30). The summed E-state index contributed by atoms with van der Waals surface area (Å²) in [6.45, 7) is 1.79. The van der Waals surface area contributed by atoms with Crippen molar-refractivity contribution >= 4 is 38.3 Å². The van der Waals surface area contributed by atoms with Crippen molar-refractivity contribution in [3.05, 3.63) is 87.7 Å². The zero-order valence-corrected chi connectivity index (χ0v) is 20.0. The van der Waals surface area contributed by atoms with Gasteiger partial charge in [-0.3, -0.25) is 14.6 Å². The first-order valence-corrected chi connectivity index (χ1v) is 12.2. The summed E-state index contributed by atoms with van der Waals surface area (Å²) in [4.78, 5) is 22.3. The van der Waals surface area contributed by atoms with E-state index in [1.165, 1.54) is 36.5 Å². The maximum absolute atomic E-state index is 14.1. The molecule has 0 amide bonds. The summed E-state index contributed by atoms with van der Waals surface area (Å²) < 4.78 is 47.5. The molecule has 3 heterocycles. The van der Waals surface area contributed by atoms with Crippen LogP contribution in [-0.2, 0) is 10.0 Å². The van der Waals surface area contributed by atoms with Crippen LogP contribution < -0.4 is 15.0 Å². The lowest BCUT2D eigenvalue weighted by Gasteiger charge is -2.10. The van der Waals surface area contributed by atoms with E-state index in [0.29, 0.717) is 28.0 Å². The van der Waals surface area contributed by atoms with E-state index in [1.54, 1.807) is 19.1 Å². The number of halogens is 2. The maximum Gasteiger partial charge on any atom is 0.264 e. The third kappa shape index (κ3) is 4.63. The molecule has 0 aliphatic heterocycles. The van der Waals surface area contributed by atoms with Crippen LogP contribution in [0.4, 0.5) is 10.1 Å². The van der Waals surface area contributed by atoms with E-state index in [9.17, 15) is 17.6 Å². The normalized spacial score (nSPS) is 11.5. The average Bonchev–Trinajstić information content (AvgIpc) is 3.23. The number of ether oxygens (including phenoxy) is 1. The SMILES string of the molecule is Cc1[nH]nc2nc(-c3ccc(NS(=O)(=O)c4cc(Cl)ccc4F)cc3)nc(Oc3ccc(=O)[nH]c3)c12. The van der Waals surface area contributed by atoms with Crippen LogP contribution in [0.15, 0.2) is 70.5 Å². The summed E-state index contributed by atoms with van der Waals surface area (Å²) in [5, 5.41) is 7.68. The fourth-order valence-corrected chi connectivity index (χ4v) is 4.79. The van der Waals surface area contributed by atoms with Crippen LogP contribution in [0.25, 0.3) is 22.4 Å². The Morgan fingerprint density at radius 1 is 1.06 bits per heavy atom. The first-order chi connectivity index (χ1) is 17.2. The Morgan fingerprint density at radius 2 is 1.83 bits per heavy atom. The molecule has 10 nitrogen and oxygen atoms in total. The van der Waals surface area contributed by atoms with Gasteiger partial charge < -0.3 is 9.72 Å². The van der Waals surface area contributed by atoms with Crippen LogP contribution in [0, 0.1) is 12.7 Å². The molecular weight excluding hydrogens is 511 g/mol. The second kappa shape index (κ2) is 9.06. The molecule has 2 aromatic carbocycles. The number of nitrogens with zero attached hydrogens (tertiary/aromatic N) is 3. The molecule has 0 spiro atoms. The third-order valence-electron chi connectivity index (χ3n) is 5.11. The molecule has 0 fully saturated rings. The predicted molar refractivity (Wildman–Crippen MR) is 131 cm³/mol. The van der Waals surface area contributed by atoms with Gasteiger partial charge in [0.2, 0.25) is 11.4 Å². The minimum Gasteiger partial charge on any atom is -0.437 e. The monoisotopic (exact) mass is 526 g/mol. The summed E-state index contributed by atoms with van der Waals surface area (Å²) in [6, 6.07) is 12.3. The van der Waals surface area contributed by atoms with Crippen LogP contribution in [0.5, 0.6) is 11.6 Å². The number of anilines is 1. The molecule has 0 aliphatic carbocycles. The lowest BCUT2D eigenvalue weighted by Crippen LogP contribution is -2.14. The lowest BCUT2D eigenvalue weighted by atomic mass is 10.2. The molecule has 0 atom stereocenters. The van der Waals surface area contributed by atoms with Crippen molar-refractivity contribution < 1.29 is 17.5 Å². The van der Waals surface area contributed by atoms with E-state index in [-0.39, 0.29) is 28.0 Å². The van der Waals surface area contributed by atoms with E-state index >= 15 is 0 Å². The maximum atomic E-state index is 14.1. The van der Waals surface area contributed by atoms with Crippen molar-refractivity contribution in [1.82, 2.24) is 25.1 Å². The molecule has 0 unspecified atom stereocenters. The minimum absolute atomic E-state index is 0.0909. The van der Waals surface area contributed by atoms with Gasteiger partial charge in [0.25, 0.3) is 10.0 Å². The number of aryl methyl sites for hydroxylation is 1. The number of H-pyrrole nitrogens is 2. The van der Waals surface area contributed by atoms with E-state index in [1.807, 2.05) is 0 Å². The molecule has 0 saturated carbocycles. The molecule has 182 valence electrons. The van der Waals surface area contributed by atoms with Crippen LogP contribution in [-0.4, -0.2) is 33.6 Å². The van der Waals surface area contributed by atoms with Crippen molar-refractivity contribution in [1.29, 1.82) is 0 Å². The number of hydrogen-bond donors (Lipinski definition) is 3. The average molecular weight is 527 g/mol. The molecule has 3 N–H and O–H groups in total. The lowest BCUT2D eigenvalue weighted by molar-refractivity contribution is 0.466. The number of rotatable bonds is 6. The molecular formula is C23H16ClFN6O4S. The van der Waals surface area contributed by atoms with E-state index in [2.05, 4.69) is 29.9 Å². The zero-order valence-electron chi connectivity index (χ0n) is 18.4. The van der Waals surface area contributed by atoms with Crippen molar-refractivity contribution in [2.75, 3.05) is 4.72 Å². The first kappa shape index (κ1) is 23.5. The number of fused-ring (bicyclic) bond motifs is 1. The van der Waals surface area contributed by atoms with Crippen LogP contribution >= 0.6 is 11.6 Å². The number of benzene rings is 2. The smallest absolute Gasteiger partial charge is 0.264 e. The number of pyridine rings is 1. The molecule has 0 radical (unpaired) electrons. The van der Waals surface area contributed by atoms with Crippen molar-refractivity contribution in [2.45, 2.75) is 11.8 Å². The largest absolute Gasteiger partial charge is 0.437 e. The Hall–Kier alpha value is -4.29. The minimum atomic E-state index is -4.21. The van der Waals surface area contributed by atoms with Crippen molar-refractivity contribution in [3.63, 3.8) is 0 Å². The van der Waals surface area contributed by atoms with Gasteiger partial charge in [0.05, 0.1) is 0 Å².